The Balaban J connectivity index is 1.88. The number of anilines is 1. The van der Waals surface area contributed by atoms with Gasteiger partial charge in [0.1, 0.15) is 17.3 Å². The molecule has 0 saturated heterocycles. The van der Waals surface area contributed by atoms with Crippen molar-refractivity contribution in [3.8, 4) is 11.5 Å². The van der Waals surface area contributed by atoms with E-state index in [-0.39, 0.29) is 28.1 Å². The van der Waals surface area contributed by atoms with Crippen molar-refractivity contribution >= 4 is 32.3 Å². The molecule has 4 aromatic rings. The number of ether oxygens (including phenoxy) is 2. The highest BCUT2D eigenvalue weighted by atomic mass is 32.2. The van der Waals surface area contributed by atoms with Gasteiger partial charge in [-0.3, -0.25) is 9.59 Å². The molecule has 1 N–H and O–H groups in total. The summed E-state index contributed by atoms with van der Waals surface area (Å²) >= 11 is 0. The van der Waals surface area contributed by atoms with Crippen molar-refractivity contribution in [1.29, 1.82) is 0 Å². The van der Waals surface area contributed by atoms with E-state index in [4.69, 9.17) is 9.47 Å². The first kappa shape index (κ1) is 24.0. The van der Waals surface area contributed by atoms with Gasteiger partial charge >= 0.3 is 0 Å². The van der Waals surface area contributed by atoms with Gasteiger partial charge in [-0.2, -0.15) is 0 Å². The van der Waals surface area contributed by atoms with Gasteiger partial charge in [0.05, 0.1) is 30.0 Å². The second-order valence-electron chi connectivity index (χ2n) is 7.55. The molecule has 10 heteroatoms. The highest BCUT2D eigenvalue weighted by Crippen LogP contribution is 2.32. The molecule has 0 aliphatic carbocycles. The number of carbonyl (C=O) groups is 1. The molecule has 3 aromatic carbocycles. The van der Waals surface area contributed by atoms with E-state index in [1.54, 1.807) is 18.2 Å². The number of benzene rings is 3. The van der Waals surface area contributed by atoms with Crippen LogP contribution in [-0.2, 0) is 21.2 Å². The van der Waals surface area contributed by atoms with Crippen LogP contribution in [0.2, 0.25) is 0 Å². The van der Waals surface area contributed by atoms with Crippen LogP contribution in [-0.4, -0.2) is 33.1 Å². The fraction of sp³-hybridized carbons (Fsp3) is 0.120. The van der Waals surface area contributed by atoms with Crippen LogP contribution in [0.15, 0.2) is 87.5 Å². The third-order valence-electron chi connectivity index (χ3n) is 5.34. The zero-order valence-corrected chi connectivity index (χ0v) is 19.6. The van der Waals surface area contributed by atoms with Crippen LogP contribution in [0.5, 0.6) is 11.5 Å². The lowest BCUT2D eigenvalue weighted by atomic mass is 10.1. The Morgan fingerprint density at radius 2 is 1.60 bits per heavy atom. The summed E-state index contributed by atoms with van der Waals surface area (Å²) in [6.07, 6.45) is 1.14. The molecule has 0 saturated carbocycles. The number of nitrogens with zero attached hydrogens (tertiary/aromatic N) is 1. The van der Waals surface area contributed by atoms with Crippen LogP contribution in [0.1, 0.15) is 0 Å². The molecule has 0 radical (unpaired) electrons. The van der Waals surface area contributed by atoms with Crippen molar-refractivity contribution in [3.63, 3.8) is 0 Å². The number of amides is 1. The molecule has 0 aliphatic rings. The molecule has 0 aliphatic heterocycles. The van der Waals surface area contributed by atoms with E-state index in [2.05, 4.69) is 5.32 Å². The number of pyridine rings is 1. The number of sulfone groups is 1. The molecule has 35 heavy (non-hydrogen) atoms. The SMILES string of the molecule is COc1cc2c(=O)c(S(=O)(=O)c3ccccc3)cn(CC(=O)Nc3ccc(F)cc3)c2cc1OC. The molecule has 1 amide bonds. The number of carbonyl (C=O) groups excluding carboxylic acids is 1. The number of rotatable bonds is 7. The highest BCUT2D eigenvalue weighted by Gasteiger charge is 2.25. The van der Waals surface area contributed by atoms with Crippen molar-refractivity contribution in [2.24, 2.45) is 0 Å². The maximum absolute atomic E-state index is 13.4. The Hall–Kier alpha value is -4.18. The van der Waals surface area contributed by atoms with Gasteiger partial charge < -0.3 is 19.4 Å². The Morgan fingerprint density at radius 3 is 2.23 bits per heavy atom. The molecular weight excluding hydrogens is 475 g/mol. The van der Waals surface area contributed by atoms with Crippen LogP contribution >= 0.6 is 0 Å². The summed E-state index contributed by atoms with van der Waals surface area (Å²) in [6.45, 7) is -0.332. The van der Waals surface area contributed by atoms with E-state index in [1.165, 1.54) is 67.3 Å². The molecule has 0 fully saturated rings. The van der Waals surface area contributed by atoms with Gasteiger partial charge in [-0.25, -0.2) is 12.8 Å². The molecule has 180 valence electrons. The standard InChI is InChI=1S/C25H21FN2O6S/c1-33-21-12-19-20(13-22(21)34-2)28(15-24(29)27-17-10-8-16(26)9-11-17)14-23(25(19)30)35(31,32)18-6-4-3-5-7-18/h3-14H,15H2,1-2H3,(H,27,29). The number of hydrogen-bond acceptors (Lipinski definition) is 6. The molecule has 8 nitrogen and oxygen atoms in total. The Morgan fingerprint density at radius 1 is 0.971 bits per heavy atom. The van der Waals surface area contributed by atoms with Crippen LogP contribution in [0.3, 0.4) is 0 Å². The smallest absolute Gasteiger partial charge is 0.244 e. The second-order valence-corrected chi connectivity index (χ2v) is 9.46. The van der Waals surface area contributed by atoms with Gasteiger partial charge in [0.25, 0.3) is 0 Å². The van der Waals surface area contributed by atoms with Crippen molar-refractivity contribution in [2.45, 2.75) is 16.3 Å². The van der Waals surface area contributed by atoms with E-state index >= 15 is 0 Å². The zero-order valence-electron chi connectivity index (χ0n) is 18.8. The summed E-state index contributed by atoms with van der Waals surface area (Å²) < 4.78 is 51.8. The summed E-state index contributed by atoms with van der Waals surface area (Å²) in [5.74, 6) is -0.440. The molecule has 0 unspecified atom stereocenters. The number of hydrogen-bond donors (Lipinski definition) is 1. The van der Waals surface area contributed by atoms with Crippen LogP contribution in [0.4, 0.5) is 10.1 Å². The van der Waals surface area contributed by atoms with E-state index < -0.39 is 31.9 Å². The van der Waals surface area contributed by atoms with Crippen molar-refractivity contribution < 1.29 is 27.1 Å². The highest BCUT2D eigenvalue weighted by molar-refractivity contribution is 7.91. The molecule has 0 spiro atoms. The summed E-state index contributed by atoms with van der Waals surface area (Å²) in [4.78, 5) is 25.6. The minimum absolute atomic E-state index is 0.0363. The number of nitrogens with one attached hydrogen (secondary N) is 1. The predicted octanol–water partition coefficient (Wildman–Crippen LogP) is 3.63. The molecule has 4 rings (SSSR count). The average molecular weight is 497 g/mol. The van der Waals surface area contributed by atoms with Crippen LogP contribution in [0, 0.1) is 5.82 Å². The van der Waals surface area contributed by atoms with Crippen LogP contribution in [0.25, 0.3) is 10.9 Å². The molecule has 0 bridgehead atoms. The number of fused-ring (bicyclic) bond motifs is 1. The monoisotopic (exact) mass is 496 g/mol. The van der Waals surface area contributed by atoms with Crippen molar-refractivity contribution in [1.82, 2.24) is 4.57 Å². The van der Waals surface area contributed by atoms with Crippen molar-refractivity contribution in [3.05, 3.63) is 89.0 Å². The van der Waals surface area contributed by atoms with Gasteiger partial charge in [-0.05, 0) is 42.5 Å². The number of methoxy groups -OCH3 is 2. The third-order valence-corrected chi connectivity index (χ3v) is 7.10. The Bertz CT molecular complexity index is 1570. The van der Waals surface area contributed by atoms with E-state index in [0.29, 0.717) is 11.4 Å². The molecule has 1 aromatic heterocycles. The lowest BCUT2D eigenvalue weighted by molar-refractivity contribution is -0.116. The summed E-state index contributed by atoms with van der Waals surface area (Å²) in [5.41, 5.74) is -0.105. The Kier molecular flexibility index (Phi) is 6.57. The number of halogens is 1. The first-order chi connectivity index (χ1) is 16.7. The van der Waals surface area contributed by atoms with E-state index in [9.17, 15) is 22.4 Å². The van der Waals surface area contributed by atoms with Crippen LogP contribution < -0.4 is 20.2 Å². The topological polar surface area (TPSA) is 104 Å². The van der Waals surface area contributed by atoms with E-state index in [1.807, 2.05) is 0 Å². The normalized spacial score (nSPS) is 11.3. The van der Waals surface area contributed by atoms with Crippen molar-refractivity contribution in [2.75, 3.05) is 19.5 Å². The maximum atomic E-state index is 13.4. The van der Waals surface area contributed by atoms with Gasteiger partial charge in [0.2, 0.25) is 21.2 Å². The van der Waals surface area contributed by atoms with Gasteiger partial charge in [-0.1, -0.05) is 18.2 Å². The quantitative estimate of drug-likeness (QED) is 0.419. The number of aromatic nitrogens is 1. The fourth-order valence-electron chi connectivity index (χ4n) is 3.63. The predicted molar refractivity (Wildman–Crippen MR) is 128 cm³/mol. The summed E-state index contributed by atoms with van der Waals surface area (Å²) in [7, 11) is -1.39. The van der Waals surface area contributed by atoms with Gasteiger partial charge in [0.15, 0.2) is 11.5 Å². The summed E-state index contributed by atoms with van der Waals surface area (Å²) in [6, 6.07) is 15.6. The van der Waals surface area contributed by atoms with E-state index in [0.717, 1.165) is 6.20 Å². The maximum Gasteiger partial charge on any atom is 0.244 e. The average Bonchev–Trinajstić information content (AvgIpc) is 2.86. The lowest BCUT2D eigenvalue weighted by Crippen LogP contribution is -2.24. The van der Waals surface area contributed by atoms with Gasteiger partial charge in [-0.15, -0.1) is 0 Å². The minimum Gasteiger partial charge on any atom is -0.493 e. The minimum atomic E-state index is -4.20. The Labute approximate surface area is 200 Å². The zero-order chi connectivity index (χ0) is 25.2. The van der Waals surface area contributed by atoms with Gasteiger partial charge in [0, 0.05) is 18.0 Å². The first-order valence-electron chi connectivity index (χ1n) is 10.4. The second kappa shape index (κ2) is 9.59. The molecule has 0 atom stereocenters. The first-order valence-corrected chi connectivity index (χ1v) is 11.9. The molecule has 1 heterocycles. The lowest BCUT2D eigenvalue weighted by Gasteiger charge is -2.16. The largest absolute Gasteiger partial charge is 0.493 e. The molecular formula is C25H21FN2O6S. The summed E-state index contributed by atoms with van der Waals surface area (Å²) in [5, 5.41) is 2.66. The third kappa shape index (κ3) is 4.73. The fourth-order valence-corrected chi connectivity index (χ4v) is 5.02.